The van der Waals surface area contributed by atoms with Gasteiger partial charge in [-0.3, -0.25) is 10.1 Å². The van der Waals surface area contributed by atoms with Crippen molar-refractivity contribution < 1.29 is 9.18 Å². The van der Waals surface area contributed by atoms with Gasteiger partial charge in [-0.1, -0.05) is 0 Å². The van der Waals surface area contributed by atoms with E-state index < -0.39 is 11.6 Å². The third-order valence-electron chi connectivity index (χ3n) is 3.48. The molecular weight excluding hydrogens is 305 g/mol. The van der Waals surface area contributed by atoms with Crippen LogP contribution in [0.4, 0.5) is 15.3 Å². The van der Waals surface area contributed by atoms with E-state index in [1.807, 2.05) is 6.07 Å². The zero-order chi connectivity index (χ0) is 15.6. The molecule has 1 saturated heterocycles. The van der Waals surface area contributed by atoms with Crippen molar-refractivity contribution in [3.05, 3.63) is 35.5 Å². The quantitative estimate of drug-likeness (QED) is 0.936. The molecule has 3 rings (SSSR count). The standard InChI is InChI=1S/C14H12FN5OS/c15-14(12(21)19-13-17-4-6-22-13)3-5-20(9-14)11-2-1-10(7-16)8-18-11/h1-2,4,6,8H,3,5,9H2,(H,17,19,21). The first kappa shape index (κ1) is 14.4. The molecule has 0 aromatic carbocycles. The summed E-state index contributed by atoms with van der Waals surface area (Å²) < 4.78 is 14.8. The van der Waals surface area contributed by atoms with Gasteiger partial charge in [0.1, 0.15) is 11.9 Å². The summed E-state index contributed by atoms with van der Waals surface area (Å²) in [5, 5.41) is 13.3. The number of carbonyl (C=O) groups excluding carboxylic acids is 1. The second-order valence-electron chi connectivity index (χ2n) is 4.95. The van der Waals surface area contributed by atoms with E-state index in [0.29, 0.717) is 23.1 Å². The topological polar surface area (TPSA) is 81.9 Å². The number of nitrogens with one attached hydrogen (secondary N) is 1. The molecule has 0 bridgehead atoms. The van der Waals surface area contributed by atoms with Crippen LogP contribution in [0.3, 0.4) is 0 Å². The van der Waals surface area contributed by atoms with Crippen LogP contribution in [0, 0.1) is 11.3 Å². The molecule has 1 amide bonds. The monoisotopic (exact) mass is 317 g/mol. The van der Waals surface area contributed by atoms with E-state index in [9.17, 15) is 9.18 Å². The first-order chi connectivity index (χ1) is 10.6. The summed E-state index contributed by atoms with van der Waals surface area (Å²) in [6.45, 7) is 0.323. The van der Waals surface area contributed by atoms with E-state index in [2.05, 4.69) is 15.3 Å². The number of hydrogen-bond acceptors (Lipinski definition) is 6. The number of anilines is 2. The molecule has 1 N–H and O–H groups in total. The van der Waals surface area contributed by atoms with Crippen LogP contribution in [-0.4, -0.2) is 34.6 Å². The summed E-state index contributed by atoms with van der Waals surface area (Å²) in [7, 11) is 0. The van der Waals surface area contributed by atoms with Crippen molar-refractivity contribution in [3.63, 3.8) is 0 Å². The Kier molecular flexibility index (Phi) is 3.73. The van der Waals surface area contributed by atoms with Crippen LogP contribution < -0.4 is 10.2 Å². The highest BCUT2D eigenvalue weighted by Gasteiger charge is 2.45. The van der Waals surface area contributed by atoms with Crippen molar-refractivity contribution in [2.75, 3.05) is 23.3 Å². The van der Waals surface area contributed by atoms with Crippen LogP contribution in [0.25, 0.3) is 0 Å². The number of nitriles is 1. The summed E-state index contributed by atoms with van der Waals surface area (Å²) in [6.07, 6.45) is 3.07. The molecule has 1 atom stereocenters. The second-order valence-corrected chi connectivity index (χ2v) is 5.84. The molecule has 1 aliphatic heterocycles. The second kappa shape index (κ2) is 5.69. The predicted molar refractivity (Wildman–Crippen MR) is 80.4 cm³/mol. The Balaban J connectivity index is 1.69. The van der Waals surface area contributed by atoms with Crippen LogP contribution >= 0.6 is 11.3 Å². The highest BCUT2D eigenvalue weighted by atomic mass is 32.1. The number of rotatable bonds is 3. The Labute approximate surface area is 130 Å². The number of amides is 1. The third-order valence-corrected chi connectivity index (χ3v) is 4.17. The van der Waals surface area contributed by atoms with Gasteiger partial charge in [0.15, 0.2) is 5.13 Å². The molecule has 6 nitrogen and oxygen atoms in total. The van der Waals surface area contributed by atoms with Gasteiger partial charge in [-0.05, 0) is 12.1 Å². The largest absolute Gasteiger partial charge is 0.353 e. The maximum atomic E-state index is 14.8. The summed E-state index contributed by atoms with van der Waals surface area (Å²) >= 11 is 1.24. The van der Waals surface area contributed by atoms with Gasteiger partial charge >= 0.3 is 0 Å². The molecule has 2 aromatic heterocycles. The van der Waals surface area contributed by atoms with Crippen molar-refractivity contribution in [2.45, 2.75) is 12.1 Å². The van der Waals surface area contributed by atoms with Crippen LogP contribution in [0.2, 0.25) is 0 Å². The molecule has 0 saturated carbocycles. The SMILES string of the molecule is N#Cc1ccc(N2CCC(F)(C(=O)Nc3nccs3)C2)nc1. The number of alkyl halides is 1. The fraction of sp³-hybridized carbons (Fsp3) is 0.286. The number of aromatic nitrogens is 2. The average molecular weight is 317 g/mol. The number of carbonyl (C=O) groups is 1. The lowest BCUT2D eigenvalue weighted by Gasteiger charge is -2.20. The minimum absolute atomic E-state index is 0.0664. The zero-order valence-corrected chi connectivity index (χ0v) is 12.3. The highest BCUT2D eigenvalue weighted by Crippen LogP contribution is 2.30. The molecule has 3 heterocycles. The highest BCUT2D eigenvalue weighted by molar-refractivity contribution is 7.13. The molecular formula is C14H12FN5OS. The molecule has 1 aliphatic rings. The Hall–Kier alpha value is -2.53. The van der Waals surface area contributed by atoms with Crippen LogP contribution in [0.1, 0.15) is 12.0 Å². The smallest absolute Gasteiger partial charge is 0.265 e. The molecule has 0 radical (unpaired) electrons. The molecule has 22 heavy (non-hydrogen) atoms. The lowest BCUT2D eigenvalue weighted by Crippen LogP contribution is -2.41. The fourth-order valence-electron chi connectivity index (χ4n) is 2.29. The van der Waals surface area contributed by atoms with Crippen molar-refractivity contribution >= 4 is 28.2 Å². The minimum atomic E-state index is -1.97. The first-order valence-corrected chi connectivity index (χ1v) is 7.50. The number of pyridine rings is 1. The van der Waals surface area contributed by atoms with Gasteiger partial charge in [0.25, 0.3) is 5.91 Å². The van der Waals surface area contributed by atoms with Gasteiger partial charge in [-0.2, -0.15) is 5.26 Å². The number of halogens is 1. The zero-order valence-electron chi connectivity index (χ0n) is 11.5. The van der Waals surface area contributed by atoms with Crippen molar-refractivity contribution in [1.82, 2.24) is 9.97 Å². The van der Waals surface area contributed by atoms with Gasteiger partial charge in [-0.15, -0.1) is 11.3 Å². The van der Waals surface area contributed by atoms with E-state index in [0.717, 1.165) is 0 Å². The number of nitrogens with zero attached hydrogens (tertiary/aromatic N) is 4. The fourth-order valence-corrected chi connectivity index (χ4v) is 2.81. The maximum Gasteiger partial charge on any atom is 0.265 e. The average Bonchev–Trinajstić information content (AvgIpc) is 3.18. The Morgan fingerprint density at radius 2 is 2.36 bits per heavy atom. The van der Waals surface area contributed by atoms with Gasteiger partial charge in [0.2, 0.25) is 5.67 Å². The van der Waals surface area contributed by atoms with Crippen LogP contribution in [-0.2, 0) is 4.79 Å². The van der Waals surface area contributed by atoms with E-state index in [4.69, 9.17) is 5.26 Å². The van der Waals surface area contributed by atoms with Gasteiger partial charge in [0, 0.05) is 30.7 Å². The van der Waals surface area contributed by atoms with E-state index in [-0.39, 0.29) is 13.0 Å². The van der Waals surface area contributed by atoms with E-state index >= 15 is 0 Å². The molecule has 0 spiro atoms. The van der Waals surface area contributed by atoms with E-state index in [1.54, 1.807) is 28.6 Å². The predicted octanol–water partition coefficient (Wildman–Crippen LogP) is 1.97. The molecule has 112 valence electrons. The maximum absolute atomic E-state index is 14.8. The summed E-state index contributed by atoms with van der Waals surface area (Å²) in [4.78, 5) is 21.8. The Morgan fingerprint density at radius 1 is 1.50 bits per heavy atom. The minimum Gasteiger partial charge on any atom is -0.353 e. The summed E-state index contributed by atoms with van der Waals surface area (Å²) in [5.74, 6) is -0.126. The van der Waals surface area contributed by atoms with Gasteiger partial charge in [0.05, 0.1) is 12.1 Å². The van der Waals surface area contributed by atoms with Gasteiger partial charge < -0.3 is 4.90 Å². The molecule has 8 heteroatoms. The van der Waals surface area contributed by atoms with E-state index in [1.165, 1.54) is 17.5 Å². The summed E-state index contributed by atoms with van der Waals surface area (Å²) in [5.41, 5.74) is -1.53. The number of hydrogen-bond donors (Lipinski definition) is 1. The lowest BCUT2D eigenvalue weighted by atomic mass is 10.1. The normalized spacial score (nSPS) is 20.6. The summed E-state index contributed by atoms with van der Waals surface area (Å²) in [6, 6.07) is 5.26. The Morgan fingerprint density at radius 3 is 3.00 bits per heavy atom. The third kappa shape index (κ3) is 2.76. The van der Waals surface area contributed by atoms with Crippen LogP contribution in [0.15, 0.2) is 29.9 Å². The van der Waals surface area contributed by atoms with Crippen molar-refractivity contribution in [2.24, 2.45) is 0 Å². The molecule has 2 aromatic rings. The molecule has 1 unspecified atom stereocenters. The van der Waals surface area contributed by atoms with Crippen LogP contribution in [0.5, 0.6) is 0 Å². The lowest BCUT2D eigenvalue weighted by molar-refractivity contribution is -0.126. The molecule has 0 aliphatic carbocycles. The number of thiazole rings is 1. The Bertz CT molecular complexity index is 712. The molecule has 1 fully saturated rings. The van der Waals surface area contributed by atoms with Gasteiger partial charge in [-0.25, -0.2) is 14.4 Å². The van der Waals surface area contributed by atoms with Crippen molar-refractivity contribution in [3.8, 4) is 6.07 Å². The first-order valence-electron chi connectivity index (χ1n) is 6.62. The van der Waals surface area contributed by atoms with Crippen molar-refractivity contribution in [1.29, 1.82) is 5.26 Å².